The summed E-state index contributed by atoms with van der Waals surface area (Å²) in [5.41, 5.74) is 0.619. The predicted octanol–water partition coefficient (Wildman–Crippen LogP) is 2.33. The van der Waals surface area contributed by atoms with Crippen LogP contribution in [0.2, 0.25) is 10.4 Å². The van der Waals surface area contributed by atoms with Gasteiger partial charge < -0.3 is 9.84 Å². The number of nitrogens with zero attached hydrogens (tertiary/aromatic N) is 3. The minimum Gasteiger partial charge on any atom is -0.351 e. The molecule has 0 unspecified atom stereocenters. The Morgan fingerprint density at radius 1 is 1.41 bits per heavy atom. The molecule has 0 spiro atoms. The van der Waals surface area contributed by atoms with Crippen molar-refractivity contribution in [1.29, 1.82) is 0 Å². The Kier molecular flexibility index (Phi) is 3.26. The van der Waals surface area contributed by atoms with Gasteiger partial charge in [0.25, 0.3) is 5.91 Å². The van der Waals surface area contributed by atoms with Gasteiger partial charge in [0.2, 0.25) is 11.0 Å². The van der Waals surface area contributed by atoms with E-state index in [0.29, 0.717) is 5.56 Å². The maximum atomic E-state index is 11.7. The summed E-state index contributed by atoms with van der Waals surface area (Å²) in [4.78, 5) is 19.2. The van der Waals surface area contributed by atoms with E-state index in [0.717, 1.165) is 0 Å². The number of carbonyl (C=O) groups is 1. The first kappa shape index (κ1) is 11.8. The average molecular weight is 273 g/mol. The molecule has 0 radical (unpaired) electrons. The third-order valence-corrected chi connectivity index (χ3v) is 2.23. The predicted molar refractivity (Wildman–Crippen MR) is 61.2 cm³/mol. The quantitative estimate of drug-likeness (QED) is 0.670. The van der Waals surface area contributed by atoms with Gasteiger partial charge in [-0.2, -0.15) is 0 Å². The van der Waals surface area contributed by atoms with Gasteiger partial charge in [0.1, 0.15) is 11.0 Å². The molecule has 6 nitrogen and oxygen atoms in total. The van der Waals surface area contributed by atoms with Gasteiger partial charge in [0, 0.05) is 11.6 Å². The van der Waals surface area contributed by atoms with Crippen LogP contribution in [0.15, 0.2) is 16.8 Å². The molecule has 0 fully saturated rings. The Morgan fingerprint density at radius 2 is 2.18 bits per heavy atom. The number of rotatable bonds is 2. The van der Waals surface area contributed by atoms with Gasteiger partial charge >= 0.3 is 0 Å². The monoisotopic (exact) mass is 272 g/mol. The van der Waals surface area contributed by atoms with Gasteiger partial charge in [-0.05, 0) is 18.5 Å². The van der Waals surface area contributed by atoms with Gasteiger partial charge in [0.05, 0.1) is 6.20 Å². The zero-order valence-electron chi connectivity index (χ0n) is 8.57. The maximum Gasteiger partial charge on any atom is 0.295 e. The molecule has 1 N–H and O–H groups in total. The van der Waals surface area contributed by atoms with E-state index in [-0.39, 0.29) is 22.0 Å². The molecule has 0 saturated heterocycles. The first-order chi connectivity index (χ1) is 8.06. The number of hydrogen-bond acceptors (Lipinski definition) is 5. The fraction of sp³-hybridized carbons (Fsp3) is 0.111. The van der Waals surface area contributed by atoms with Gasteiger partial charge in [-0.15, -0.1) is 0 Å². The number of amides is 1. The second-order valence-corrected chi connectivity index (χ2v) is 3.86. The lowest BCUT2D eigenvalue weighted by molar-refractivity contribution is 0.0986. The van der Waals surface area contributed by atoms with Crippen LogP contribution in [0.25, 0.3) is 0 Å². The number of anilines is 1. The molecule has 0 bridgehead atoms. The van der Waals surface area contributed by atoms with Gasteiger partial charge in [-0.3, -0.25) is 4.79 Å². The Balaban J connectivity index is 2.21. The summed E-state index contributed by atoms with van der Waals surface area (Å²) < 4.78 is 4.79. The molecule has 2 aromatic rings. The Bertz CT molecular complexity index is 550. The van der Waals surface area contributed by atoms with E-state index in [2.05, 4.69) is 20.4 Å². The van der Waals surface area contributed by atoms with Crippen LogP contribution in [0.1, 0.15) is 16.1 Å². The number of hydrogen-bond donors (Lipinski definition) is 1. The van der Waals surface area contributed by atoms with Crippen molar-refractivity contribution < 1.29 is 9.32 Å². The number of aryl methyl sites for hydroxylation is 1. The summed E-state index contributed by atoms with van der Waals surface area (Å²) in [6, 6.07) is 1.37. The highest BCUT2D eigenvalue weighted by Crippen LogP contribution is 2.16. The van der Waals surface area contributed by atoms with Crippen LogP contribution in [-0.2, 0) is 0 Å². The number of nitrogens with one attached hydrogen (secondary N) is 1. The number of halogens is 2. The van der Waals surface area contributed by atoms with Crippen LogP contribution in [0.3, 0.4) is 0 Å². The lowest BCUT2D eigenvalue weighted by Crippen LogP contribution is -2.13. The van der Waals surface area contributed by atoms with Crippen LogP contribution < -0.4 is 5.32 Å². The van der Waals surface area contributed by atoms with Crippen molar-refractivity contribution in [2.75, 3.05) is 5.32 Å². The highest BCUT2D eigenvalue weighted by atomic mass is 35.5. The smallest absolute Gasteiger partial charge is 0.295 e. The molecule has 8 heteroatoms. The normalized spacial score (nSPS) is 10.3. The second-order valence-electron chi connectivity index (χ2n) is 3.14. The highest BCUT2D eigenvalue weighted by molar-refractivity contribution is 6.32. The van der Waals surface area contributed by atoms with E-state index in [1.54, 1.807) is 6.92 Å². The molecular weight excluding hydrogens is 267 g/mol. The molecule has 0 saturated carbocycles. The third-order valence-electron chi connectivity index (χ3n) is 1.86. The topological polar surface area (TPSA) is 80.9 Å². The van der Waals surface area contributed by atoms with Gasteiger partial charge in [-0.1, -0.05) is 16.8 Å². The maximum absolute atomic E-state index is 11.7. The largest absolute Gasteiger partial charge is 0.351 e. The molecule has 0 aliphatic rings. The van der Waals surface area contributed by atoms with E-state index < -0.39 is 5.91 Å². The summed E-state index contributed by atoms with van der Waals surface area (Å²) in [6.45, 7) is 1.70. The van der Waals surface area contributed by atoms with Crippen molar-refractivity contribution in [3.8, 4) is 0 Å². The number of carbonyl (C=O) groups excluding carboxylic acids is 1. The van der Waals surface area contributed by atoms with Crippen LogP contribution in [0.5, 0.6) is 0 Å². The average Bonchev–Trinajstić information content (AvgIpc) is 2.62. The van der Waals surface area contributed by atoms with Crippen molar-refractivity contribution >= 4 is 34.9 Å². The minimum atomic E-state index is -0.481. The fourth-order valence-electron chi connectivity index (χ4n) is 1.14. The Hall–Kier alpha value is -1.66. The van der Waals surface area contributed by atoms with Gasteiger partial charge in [0.15, 0.2) is 0 Å². The van der Waals surface area contributed by atoms with Gasteiger partial charge in [-0.25, -0.2) is 9.97 Å². The van der Waals surface area contributed by atoms with E-state index in [1.807, 2.05) is 0 Å². The first-order valence-electron chi connectivity index (χ1n) is 4.49. The Morgan fingerprint density at radius 3 is 2.76 bits per heavy atom. The summed E-state index contributed by atoms with van der Waals surface area (Å²) in [5.74, 6) is -0.183. The van der Waals surface area contributed by atoms with E-state index in [4.69, 9.17) is 27.7 Å². The lowest BCUT2D eigenvalue weighted by Gasteiger charge is -2.02. The zero-order valence-corrected chi connectivity index (χ0v) is 10.1. The molecule has 2 heterocycles. The number of aromatic nitrogens is 3. The molecule has 0 atom stereocenters. The van der Waals surface area contributed by atoms with Crippen LogP contribution >= 0.6 is 23.2 Å². The fourth-order valence-corrected chi connectivity index (χ4v) is 1.55. The summed E-state index contributed by atoms with van der Waals surface area (Å²) >= 11 is 11.3. The third kappa shape index (κ3) is 2.72. The van der Waals surface area contributed by atoms with E-state index >= 15 is 0 Å². The molecule has 17 heavy (non-hydrogen) atoms. The van der Waals surface area contributed by atoms with Crippen LogP contribution in [0, 0.1) is 6.92 Å². The van der Waals surface area contributed by atoms with Crippen molar-refractivity contribution in [1.82, 2.24) is 15.1 Å². The first-order valence-corrected chi connectivity index (χ1v) is 5.24. The molecule has 1 amide bonds. The molecule has 0 aliphatic heterocycles. The van der Waals surface area contributed by atoms with E-state index in [1.165, 1.54) is 12.3 Å². The van der Waals surface area contributed by atoms with Crippen molar-refractivity contribution in [3.05, 3.63) is 34.0 Å². The summed E-state index contributed by atoms with van der Waals surface area (Å²) in [5, 5.41) is 6.05. The second kappa shape index (κ2) is 4.68. The highest BCUT2D eigenvalue weighted by Gasteiger charge is 2.15. The summed E-state index contributed by atoms with van der Waals surface area (Å²) in [6.07, 6.45) is 1.44. The molecule has 0 aliphatic carbocycles. The van der Waals surface area contributed by atoms with Crippen LogP contribution in [-0.4, -0.2) is 21.0 Å². The SMILES string of the molecule is Cc1cnoc1C(=O)Nc1cc(Cl)nc(Cl)n1. The van der Waals surface area contributed by atoms with Crippen molar-refractivity contribution in [3.63, 3.8) is 0 Å². The minimum absolute atomic E-state index is 0.0536. The molecule has 0 aromatic carbocycles. The molecule has 88 valence electrons. The lowest BCUT2D eigenvalue weighted by atomic mass is 10.3. The zero-order chi connectivity index (χ0) is 12.4. The van der Waals surface area contributed by atoms with Crippen LogP contribution in [0.4, 0.5) is 5.82 Å². The standard InChI is InChI=1S/C9H6Cl2N4O2/c1-4-3-12-17-7(4)8(16)14-6-2-5(10)13-9(11)15-6/h2-3H,1H3,(H,13,14,15,16). The molecule has 2 aromatic heterocycles. The van der Waals surface area contributed by atoms with Crippen molar-refractivity contribution in [2.24, 2.45) is 0 Å². The summed E-state index contributed by atoms with van der Waals surface area (Å²) in [7, 11) is 0. The Labute approximate surface area is 106 Å². The van der Waals surface area contributed by atoms with Crippen molar-refractivity contribution in [2.45, 2.75) is 6.92 Å². The van der Waals surface area contributed by atoms with E-state index in [9.17, 15) is 4.79 Å². The molecule has 2 rings (SSSR count). The molecular formula is C9H6Cl2N4O2.